The number of benzene rings is 3. The predicted octanol–water partition coefficient (Wildman–Crippen LogP) is 5.04. The molecule has 4 heteroatoms. The molecule has 0 saturated heterocycles. The summed E-state index contributed by atoms with van der Waals surface area (Å²) in [4.78, 5) is 0. The van der Waals surface area contributed by atoms with Gasteiger partial charge in [-0.3, -0.25) is 0 Å². The van der Waals surface area contributed by atoms with Gasteiger partial charge >= 0.3 is 0 Å². The van der Waals surface area contributed by atoms with Gasteiger partial charge in [-0.2, -0.15) is 0 Å². The van der Waals surface area contributed by atoms with E-state index in [4.69, 9.17) is 10.5 Å². The van der Waals surface area contributed by atoms with Crippen LogP contribution in [0.2, 0.25) is 0 Å². The van der Waals surface area contributed by atoms with Crippen molar-refractivity contribution in [3.8, 4) is 11.5 Å². The Morgan fingerprint density at radius 2 is 1.60 bits per heavy atom. The molecule has 0 radical (unpaired) electrons. The lowest BCUT2D eigenvalue weighted by Gasteiger charge is -2.17. The maximum absolute atomic E-state index is 14.0. The van der Waals surface area contributed by atoms with E-state index < -0.39 is 11.6 Å². The highest BCUT2D eigenvalue weighted by Crippen LogP contribution is 2.27. The van der Waals surface area contributed by atoms with Crippen molar-refractivity contribution in [3.63, 3.8) is 0 Å². The first-order valence-electron chi connectivity index (χ1n) is 8.12. The van der Waals surface area contributed by atoms with Crippen molar-refractivity contribution in [1.82, 2.24) is 0 Å². The van der Waals surface area contributed by atoms with Crippen LogP contribution in [-0.2, 0) is 6.42 Å². The summed E-state index contributed by atoms with van der Waals surface area (Å²) in [5.74, 6) is 0.234. The van der Waals surface area contributed by atoms with Gasteiger partial charge in [-0.15, -0.1) is 0 Å². The quantitative estimate of drug-likeness (QED) is 0.683. The fraction of sp³-hybridized carbons (Fsp3) is 0.143. The Hall–Kier alpha value is -2.72. The summed E-state index contributed by atoms with van der Waals surface area (Å²) in [5, 5.41) is 0. The molecule has 0 aromatic heterocycles. The summed E-state index contributed by atoms with van der Waals surface area (Å²) >= 11 is 0. The van der Waals surface area contributed by atoms with Gasteiger partial charge in [0, 0.05) is 5.92 Å². The Morgan fingerprint density at radius 1 is 0.840 bits per heavy atom. The molecule has 3 rings (SSSR count). The van der Waals surface area contributed by atoms with Crippen LogP contribution in [0.4, 0.5) is 8.78 Å². The minimum absolute atomic E-state index is 0.226. The van der Waals surface area contributed by atoms with Gasteiger partial charge in [0.15, 0.2) is 0 Å². The van der Waals surface area contributed by atoms with Crippen LogP contribution in [0.1, 0.15) is 17.0 Å². The summed E-state index contributed by atoms with van der Waals surface area (Å²) in [7, 11) is 0. The van der Waals surface area contributed by atoms with E-state index in [0.717, 1.165) is 23.4 Å². The lowest BCUT2D eigenvalue weighted by Crippen LogP contribution is -2.16. The first-order valence-corrected chi connectivity index (χ1v) is 8.12. The third-order valence-electron chi connectivity index (χ3n) is 4.04. The second-order valence-electron chi connectivity index (χ2n) is 5.87. The van der Waals surface area contributed by atoms with Crippen LogP contribution in [0, 0.1) is 11.6 Å². The molecule has 1 atom stereocenters. The Kier molecular flexibility index (Phi) is 5.41. The van der Waals surface area contributed by atoms with Gasteiger partial charge < -0.3 is 10.5 Å². The minimum atomic E-state index is -0.462. The number of hydrogen-bond acceptors (Lipinski definition) is 2. The average molecular weight is 339 g/mol. The third-order valence-corrected chi connectivity index (χ3v) is 4.04. The molecule has 0 aliphatic heterocycles. The van der Waals surface area contributed by atoms with Crippen molar-refractivity contribution >= 4 is 0 Å². The minimum Gasteiger partial charge on any atom is -0.457 e. The van der Waals surface area contributed by atoms with E-state index in [0.29, 0.717) is 17.7 Å². The fourth-order valence-electron chi connectivity index (χ4n) is 2.79. The lowest BCUT2D eigenvalue weighted by atomic mass is 9.91. The molecule has 1 unspecified atom stereocenters. The maximum Gasteiger partial charge on any atom is 0.127 e. The number of ether oxygens (including phenoxy) is 1. The van der Waals surface area contributed by atoms with Crippen LogP contribution >= 0.6 is 0 Å². The van der Waals surface area contributed by atoms with Crippen molar-refractivity contribution in [3.05, 3.63) is 95.6 Å². The Morgan fingerprint density at radius 3 is 2.36 bits per heavy atom. The number of nitrogens with two attached hydrogens (primary N) is 1. The standard InChI is InChI=1S/C21H19F2NO/c22-17-9-10-21(23)20(13-17)16(14-24)11-15-5-4-8-19(12-15)25-18-6-2-1-3-7-18/h1-10,12-13,16H,11,14,24H2. The summed E-state index contributed by atoms with van der Waals surface area (Å²) in [6.07, 6.45) is 0.503. The zero-order valence-corrected chi connectivity index (χ0v) is 13.7. The van der Waals surface area contributed by atoms with Crippen molar-refractivity contribution in [2.45, 2.75) is 12.3 Å². The average Bonchev–Trinajstić information content (AvgIpc) is 2.63. The van der Waals surface area contributed by atoms with E-state index in [2.05, 4.69) is 0 Å². The van der Waals surface area contributed by atoms with E-state index in [9.17, 15) is 8.78 Å². The highest BCUT2D eigenvalue weighted by Gasteiger charge is 2.16. The summed E-state index contributed by atoms with van der Waals surface area (Å²) in [6, 6.07) is 20.5. The smallest absolute Gasteiger partial charge is 0.127 e. The summed E-state index contributed by atoms with van der Waals surface area (Å²) in [6.45, 7) is 0.226. The molecule has 0 aliphatic rings. The topological polar surface area (TPSA) is 35.2 Å². The molecule has 2 nitrogen and oxygen atoms in total. The monoisotopic (exact) mass is 339 g/mol. The Bertz CT molecular complexity index is 836. The van der Waals surface area contributed by atoms with Gasteiger partial charge in [-0.25, -0.2) is 8.78 Å². The van der Waals surface area contributed by atoms with Crippen LogP contribution in [0.25, 0.3) is 0 Å². The van der Waals surface area contributed by atoms with Gasteiger partial charge in [0.1, 0.15) is 23.1 Å². The summed E-state index contributed by atoms with van der Waals surface area (Å²) < 4.78 is 33.3. The second-order valence-corrected chi connectivity index (χ2v) is 5.87. The first-order chi connectivity index (χ1) is 12.2. The van der Waals surface area contributed by atoms with E-state index in [1.54, 1.807) is 0 Å². The molecule has 3 aromatic rings. The first kappa shape index (κ1) is 17.1. The number of hydrogen-bond donors (Lipinski definition) is 1. The molecule has 0 aliphatic carbocycles. The molecule has 0 saturated carbocycles. The van der Waals surface area contributed by atoms with Crippen molar-refractivity contribution < 1.29 is 13.5 Å². The van der Waals surface area contributed by atoms with E-state index in [1.165, 1.54) is 6.07 Å². The normalized spacial score (nSPS) is 12.0. The van der Waals surface area contributed by atoms with Crippen molar-refractivity contribution in [2.75, 3.05) is 6.54 Å². The van der Waals surface area contributed by atoms with Gasteiger partial charge in [-0.1, -0.05) is 30.3 Å². The summed E-state index contributed by atoms with van der Waals surface area (Å²) in [5.41, 5.74) is 7.07. The van der Waals surface area contributed by atoms with Crippen LogP contribution in [0.5, 0.6) is 11.5 Å². The SMILES string of the molecule is NCC(Cc1cccc(Oc2ccccc2)c1)c1cc(F)ccc1F. The van der Waals surface area contributed by atoms with Crippen LogP contribution in [0.15, 0.2) is 72.8 Å². The molecule has 0 heterocycles. The van der Waals surface area contributed by atoms with Crippen LogP contribution in [0.3, 0.4) is 0 Å². The lowest BCUT2D eigenvalue weighted by molar-refractivity contribution is 0.481. The van der Waals surface area contributed by atoms with Crippen molar-refractivity contribution in [2.24, 2.45) is 5.73 Å². The molecular weight excluding hydrogens is 320 g/mol. The molecule has 0 fully saturated rings. The zero-order chi connectivity index (χ0) is 17.6. The van der Waals surface area contributed by atoms with Gasteiger partial charge in [0.25, 0.3) is 0 Å². The Balaban J connectivity index is 1.79. The van der Waals surface area contributed by atoms with E-state index >= 15 is 0 Å². The maximum atomic E-state index is 14.0. The van der Waals surface area contributed by atoms with Gasteiger partial charge in [0.05, 0.1) is 0 Å². The predicted molar refractivity (Wildman–Crippen MR) is 94.8 cm³/mol. The van der Waals surface area contributed by atoms with Gasteiger partial charge in [0.2, 0.25) is 0 Å². The second kappa shape index (κ2) is 7.90. The Labute approximate surface area is 145 Å². The highest BCUT2D eigenvalue weighted by molar-refractivity contribution is 5.35. The highest BCUT2D eigenvalue weighted by atomic mass is 19.1. The van der Waals surface area contributed by atoms with Crippen LogP contribution < -0.4 is 10.5 Å². The van der Waals surface area contributed by atoms with Crippen molar-refractivity contribution in [1.29, 1.82) is 0 Å². The number of halogens is 2. The molecule has 3 aromatic carbocycles. The molecular formula is C21H19F2NO. The molecule has 128 valence electrons. The van der Waals surface area contributed by atoms with E-state index in [-0.39, 0.29) is 12.5 Å². The third kappa shape index (κ3) is 4.43. The van der Waals surface area contributed by atoms with E-state index in [1.807, 2.05) is 54.6 Å². The largest absolute Gasteiger partial charge is 0.457 e. The molecule has 25 heavy (non-hydrogen) atoms. The number of para-hydroxylation sites is 1. The van der Waals surface area contributed by atoms with Gasteiger partial charge in [-0.05, 0) is 66.6 Å². The molecule has 0 amide bonds. The molecule has 0 spiro atoms. The molecule has 2 N–H and O–H groups in total. The zero-order valence-electron chi connectivity index (χ0n) is 13.7. The number of rotatable bonds is 6. The molecule has 0 bridgehead atoms. The van der Waals surface area contributed by atoms with Crippen LogP contribution in [-0.4, -0.2) is 6.54 Å². The fourth-order valence-corrected chi connectivity index (χ4v) is 2.79.